The van der Waals surface area contributed by atoms with E-state index >= 15 is 0 Å². The SMILES string of the molecule is CC/C(=N/NC(=O)c1ccc(Cl)cc1)C12CC3CC(CC(C3)C1)C2. The normalized spacial score (nSPS) is 34.4. The summed E-state index contributed by atoms with van der Waals surface area (Å²) in [4.78, 5) is 12.3. The minimum atomic E-state index is -0.151. The molecule has 4 heteroatoms. The fraction of sp³-hybridized carbons (Fsp3) is 0.600. The van der Waals surface area contributed by atoms with Crippen molar-refractivity contribution >= 4 is 23.2 Å². The molecule has 0 unspecified atom stereocenters. The van der Waals surface area contributed by atoms with Crippen molar-refractivity contribution in [3.8, 4) is 0 Å². The van der Waals surface area contributed by atoms with Crippen molar-refractivity contribution in [2.75, 3.05) is 0 Å². The van der Waals surface area contributed by atoms with Gasteiger partial charge in [-0.05, 0) is 87.0 Å². The van der Waals surface area contributed by atoms with E-state index in [1.807, 2.05) is 0 Å². The zero-order chi connectivity index (χ0) is 16.7. The third kappa shape index (κ3) is 2.88. The highest BCUT2D eigenvalue weighted by Gasteiger charge is 2.52. The summed E-state index contributed by atoms with van der Waals surface area (Å²) in [6, 6.07) is 6.95. The minimum absolute atomic E-state index is 0.151. The van der Waals surface area contributed by atoms with Gasteiger partial charge in [0.1, 0.15) is 0 Å². The second kappa shape index (κ2) is 6.18. The van der Waals surface area contributed by atoms with Crippen LogP contribution in [0.3, 0.4) is 0 Å². The molecule has 128 valence electrons. The van der Waals surface area contributed by atoms with Gasteiger partial charge < -0.3 is 0 Å². The molecule has 0 heterocycles. The highest BCUT2D eigenvalue weighted by molar-refractivity contribution is 6.30. The van der Waals surface area contributed by atoms with Crippen LogP contribution >= 0.6 is 11.6 Å². The van der Waals surface area contributed by atoms with Crippen LogP contribution in [0, 0.1) is 23.2 Å². The summed E-state index contributed by atoms with van der Waals surface area (Å²) < 4.78 is 0. The number of nitrogens with zero attached hydrogens (tertiary/aromatic N) is 1. The number of hydrogen-bond donors (Lipinski definition) is 1. The number of hydrazone groups is 1. The second-order valence-electron chi connectivity index (χ2n) is 8.06. The molecular formula is C20H25ClN2O. The highest BCUT2D eigenvalue weighted by Crippen LogP contribution is 2.60. The van der Waals surface area contributed by atoms with Gasteiger partial charge in [-0.2, -0.15) is 5.10 Å². The van der Waals surface area contributed by atoms with Crippen molar-refractivity contribution < 1.29 is 4.79 Å². The van der Waals surface area contributed by atoms with E-state index in [0.717, 1.165) is 24.2 Å². The molecule has 0 aliphatic heterocycles. The molecule has 4 aliphatic carbocycles. The molecule has 3 nitrogen and oxygen atoms in total. The first-order valence-corrected chi connectivity index (χ1v) is 9.59. The number of benzene rings is 1. The Labute approximate surface area is 148 Å². The Kier molecular flexibility index (Phi) is 4.16. The van der Waals surface area contributed by atoms with Gasteiger partial charge in [-0.3, -0.25) is 4.79 Å². The number of carbonyl (C=O) groups excluding carboxylic acids is 1. The van der Waals surface area contributed by atoms with Crippen LogP contribution in [0.15, 0.2) is 29.4 Å². The third-order valence-electron chi connectivity index (χ3n) is 6.38. The van der Waals surface area contributed by atoms with Crippen LogP contribution < -0.4 is 5.43 Å². The van der Waals surface area contributed by atoms with E-state index in [2.05, 4.69) is 17.5 Å². The maximum atomic E-state index is 12.3. The topological polar surface area (TPSA) is 41.5 Å². The largest absolute Gasteiger partial charge is 0.271 e. The molecule has 4 fully saturated rings. The Bertz CT molecular complexity index is 629. The fourth-order valence-corrected chi connectivity index (χ4v) is 5.95. The average Bonchev–Trinajstić information content (AvgIpc) is 2.54. The summed E-state index contributed by atoms with van der Waals surface area (Å²) in [5, 5.41) is 5.25. The van der Waals surface area contributed by atoms with Gasteiger partial charge in [-0.1, -0.05) is 18.5 Å². The van der Waals surface area contributed by atoms with Crippen molar-refractivity contribution in [1.29, 1.82) is 0 Å². The lowest BCUT2D eigenvalue weighted by Gasteiger charge is -2.57. The smallest absolute Gasteiger partial charge is 0.267 e. The summed E-state index contributed by atoms with van der Waals surface area (Å²) in [7, 11) is 0. The van der Waals surface area contributed by atoms with Gasteiger partial charge in [0, 0.05) is 21.7 Å². The van der Waals surface area contributed by atoms with E-state index in [1.54, 1.807) is 24.3 Å². The monoisotopic (exact) mass is 344 g/mol. The first-order chi connectivity index (χ1) is 11.6. The molecule has 1 aromatic carbocycles. The molecule has 24 heavy (non-hydrogen) atoms. The van der Waals surface area contributed by atoms with E-state index in [4.69, 9.17) is 11.6 Å². The molecule has 1 N–H and O–H groups in total. The average molecular weight is 345 g/mol. The zero-order valence-electron chi connectivity index (χ0n) is 14.2. The van der Waals surface area contributed by atoms with Crippen LogP contribution in [0.2, 0.25) is 5.02 Å². The lowest BCUT2D eigenvalue weighted by molar-refractivity contribution is -0.0134. The Morgan fingerprint density at radius 1 is 1.12 bits per heavy atom. The minimum Gasteiger partial charge on any atom is -0.267 e. The number of rotatable bonds is 4. The second-order valence-corrected chi connectivity index (χ2v) is 8.49. The van der Waals surface area contributed by atoms with E-state index in [-0.39, 0.29) is 11.3 Å². The lowest BCUT2D eigenvalue weighted by atomic mass is 9.48. The highest BCUT2D eigenvalue weighted by atomic mass is 35.5. The molecule has 0 atom stereocenters. The van der Waals surface area contributed by atoms with Gasteiger partial charge in [0.15, 0.2) is 0 Å². The summed E-state index contributed by atoms with van der Waals surface area (Å²) in [5.74, 6) is 2.52. The maximum absolute atomic E-state index is 12.3. The summed E-state index contributed by atoms with van der Waals surface area (Å²) in [6.45, 7) is 2.17. The van der Waals surface area contributed by atoms with Crippen LogP contribution in [-0.2, 0) is 0 Å². The van der Waals surface area contributed by atoms with Gasteiger partial charge in [0.05, 0.1) is 0 Å². The first kappa shape index (κ1) is 16.1. The van der Waals surface area contributed by atoms with E-state index in [0.29, 0.717) is 10.6 Å². The van der Waals surface area contributed by atoms with Gasteiger partial charge in [0.25, 0.3) is 5.91 Å². The molecule has 0 saturated heterocycles. The van der Waals surface area contributed by atoms with Crippen molar-refractivity contribution in [3.63, 3.8) is 0 Å². The molecule has 4 bridgehead atoms. The molecule has 4 saturated carbocycles. The summed E-state index contributed by atoms with van der Waals surface area (Å²) >= 11 is 5.88. The Morgan fingerprint density at radius 2 is 1.67 bits per heavy atom. The van der Waals surface area contributed by atoms with Crippen molar-refractivity contribution in [3.05, 3.63) is 34.9 Å². The number of hydrogen-bond acceptors (Lipinski definition) is 2. The van der Waals surface area contributed by atoms with Crippen LogP contribution in [0.5, 0.6) is 0 Å². The van der Waals surface area contributed by atoms with Crippen molar-refractivity contribution in [2.24, 2.45) is 28.3 Å². The molecule has 1 amide bonds. The molecule has 1 aromatic rings. The van der Waals surface area contributed by atoms with Gasteiger partial charge in [-0.25, -0.2) is 5.43 Å². The molecule has 0 radical (unpaired) electrons. The predicted octanol–water partition coefficient (Wildman–Crippen LogP) is 5.05. The van der Waals surface area contributed by atoms with Gasteiger partial charge in [-0.15, -0.1) is 0 Å². The molecule has 0 spiro atoms. The lowest BCUT2D eigenvalue weighted by Crippen LogP contribution is -2.50. The van der Waals surface area contributed by atoms with E-state index < -0.39 is 0 Å². The summed E-state index contributed by atoms with van der Waals surface area (Å²) in [6.07, 6.45) is 9.04. The quantitative estimate of drug-likeness (QED) is 0.602. The molecule has 0 aromatic heterocycles. The van der Waals surface area contributed by atoms with Crippen LogP contribution in [-0.4, -0.2) is 11.6 Å². The van der Waals surface area contributed by atoms with Crippen LogP contribution in [0.1, 0.15) is 62.2 Å². The number of nitrogens with one attached hydrogen (secondary N) is 1. The maximum Gasteiger partial charge on any atom is 0.271 e. The predicted molar refractivity (Wildman–Crippen MR) is 97.2 cm³/mol. The van der Waals surface area contributed by atoms with Crippen molar-refractivity contribution in [2.45, 2.75) is 51.9 Å². The van der Waals surface area contributed by atoms with Crippen molar-refractivity contribution in [1.82, 2.24) is 5.43 Å². The Balaban J connectivity index is 1.52. The zero-order valence-corrected chi connectivity index (χ0v) is 15.0. The Hall–Kier alpha value is -1.35. The molecule has 5 rings (SSSR count). The molecule has 4 aliphatic rings. The first-order valence-electron chi connectivity index (χ1n) is 9.21. The fourth-order valence-electron chi connectivity index (χ4n) is 5.82. The van der Waals surface area contributed by atoms with Crippen LogP contribution in [0.4, 0.5) is 0 Å². The van der Waals surface area contributed by atoms with Crippen LogP contribution in [0.25, 0.3) is 0 Å². The summed E-state index contributed by atoms with van der Waals surface area (Å²) in [5.41, 5.74) is 4.87. The number of halogens is 1. The van der Waals surface area contributed by atoms with Gasteiger partial charge in [0.2, 0.25) is 0 Å². The number of amides is 1. The van der Waals surface area contributed by atoms with E-state index in [9.17, 15) is 4.79 Å². The third-order valence-corrected chi connectivity index (χ3v) is 6.64. The molecular weight excluding hydrogens is 320 g/mol. The Morgan fingerprint density at radius 3 is 2.17 bits per heavy atom. The standard InChI is InChI=1S/C20H25ClN2O/c1-2-18(22-23-19(24)16-3-5-17(21)6-4-16)20-10-13-7-14(11-20)9-15(8-13)12-20/h3-6,13-15H,2,7-12H2,1H3,(H,23,24)/b22-18-. The number of carbonyl (C=O) groups is 1. The van der Waals surface area contributed by atoms with E-state index in [1.165, 1.54) is 44.2 Å². The van der Waals surface area contributed by atoms with Gasteiger partial charge >= 0.3 is 0 Å².